The summed E-state index contributed by atoms with van der Waals surface area (Å²) in [6.45, 7) is 9.16. The summed E-state index contributed by atoms with van der Waals surface area (Å²) < 4.78 is 112. The molecule has 0 spiro atoms. The van der Waals surface area contributed by atoms with E-state index in [0.29, 0.717) is 129 Å². The zero-order chi connectivity index (χ0) is 47.5. The molecule has 65 heavy (non-hydrogen) atoms. The Morgan fingerprint density at radius 1 is 0.708 bits per heavy atom. The standard InChI is InChI=1S/C46H66N2O15S2/c1-45(19-23-60-30-32-62-28-26-58-4)38-34-36(64(51,52)53)15-17-40(38)47(21-11-7-10-14-44(49)50)42(45)12-8-6-9-13-43-46(2,20-24-61-31-33-63-29-27-59-5)39-35-37(65(54,55)56)16-18-41(39)48(43)22-25-57-3/h6,8-9,12-13,15-18,34-35H,7,10-11,14,19-33H2,1-5H3,(H2-,49,50,51,52,53,54,55,56). The maximum Gasteiger partial charge on any atom is 0.303 e. The molecule has 2 N–H and O–H groups in total. The van der Waals surface area contributed by atoms with Crippen LogP contribution in [-0.2, 0) is 69.0 Å². The van der Waals surface area contributed by atoms with Crippen molar-refractivity contribution in [2.24, 2.45) is 0 Å². The van der Waals surface area contributed by atoms with E-state index in [-0.39, 0.29) is 16.2 Å². The van der Waals surface area contributed by atoms with Gasteiger partial charge in [-0.3, -0.25) is 9.35 Å². The van der Waals surface area contributed by atoms with E-state index in [4.69, 9.17) is 33.2 Å². The summed E-state index contributed by atoms with van der Waals surface area (Å²) in [7, 11) is -4.49. The topological polar surface area (TPSA) is 220 Å². The Kier molecular flexibility index (Phi) is 21.4. The van der Waals surface area contributed by atoms with Crippen LogP contribution in [0.15, 0.2) is 82.3 Å². The van der Waals surface area contributed by atoms with Gasteiger partial charge in [-0.25, -0.2) is 8.42 Å². The van der Waals surface area contributed by atoms with E-state index in [1.165, 1.54) is 24.3 Å². The van der Waals surface area contributed by atoms with E-state index in [1.807, 2.05) is 44.2 Å². The van der Waals surface area contributed by atoms with Crippen LogP contribution in [0.25, 0.3) is 0 Å². The Balaban J connectivity index is 1.72. The van der Waals surface area contributed by atoms with Crippen molar-refractivity contribution in [3.05, 3.63) is 83.6 Å². The van der Waals surface area contributed by atoms with Gasteiger partial charge < -0.3 is 47.7 Å². The maximum absolute atomic E-state index is 12.3. The number of fused-ring (bicyclic) bond motifs is 2. The van der Waals surface area contributed by atoms with E-state index in [9.17, 15) is 35.8 Å². The van der Waals surface area contributed by atoms with E-state index >= 15 is 0 Å². The summed E-state index contributed by atoms with van der Waals surface area (Å²) in [5.74, 6) is -0.865. The number of benzene rings is 2. The number of anilines is 1. The lowest BCUT2D eigenvalue weighted by atomic mass is 9.76. The fraction of sp³-hybridized carbons (Fsp3) is 0.565. The molecule has 2 heterocycles. The van der Waals surface area contributed by atoms with Gasteiger partial charge in [0.05, 0.1) is 74.7 Å². The Morgan fingerprint density at radius 3 is 1.86 bits per heavy atom. The van der Waals surface area contributed by atoms with Gasteiger partial charge in [-0.15, -0.1) is 0 Å². The lowest BCUT2D eigenvalue weighted by Crippen LogP contribution is -2.33. The summed E-state index contributed by atoms with van der Waals surface area (Å²) in [6.07, 6.45) is 12.3. The van der Waals surface area contributed by atoms with Gasteiger partial charge in [0, 0.05) is 88.4 Å². The molecule has 0 fully saturated rings. The molecule has 2 aromatic rings. The summed E-state index contributed by atoms with van der Waals surface area (Å²) >= 11 is 0. The van der Waals surface area contributed by atoms with Crippen molar-refractivity contribution in [2.75, 3.05) is 112 Å². The minimum absolute atomic E-state index is 0.0499. The highest BCUT2D eigenvalue weighted by Gasteiger charge is 2.48. The smallest absolute Gasteiger partial charge is 0.303 e. The molecule has 0 bridgehead atoms. The first kappa shape index (κ1) is 53.8. The number of carboxylic acid groups (broad SMARTS) is 1. The molecule has 0 aromatic heterocycles. The van der Waals surface area contributed by atoms with Crippen LogP contribution in [0.5, 0.6) is 0 Å². The molecule has 2 aromatic carbocycles. The van der Waals surface area contributed by atoms with Gasteiger partial charge in [0.2, 0.25) is 5.69 Å². The van der Waals surface area contributed by atoms with E-state index < -0.39 is 37.0 Å². The number of methoxy groups -OCH3 is 3. The highest BCUT2D eigenvalue weighted by molar-refractivity contribution is 7.86. The summed E-state index contributed by atoms with van der Waals surface area (Å²) in [4.78, 5) is 12.7. The molecule has 4 rings (SSSR count). The average molecular weight is 951 g/mol. The largest absolute Gasteiger partial charge is 0.744 e. The van der Waals surface area contributed by atoms with E-state index in [1.54, 1.807) is 33.5 Å². The second-order valence-corrected chi connectivity index (χ2v) is 18.9. The Hall–Kier alpha value is -3.86. The Labute approximate surface area is 384 Å². The fourth-order valence-electron chi connectivity index (χ4n) is 8.13. The molecular formula is C46H66N2O15S2. The average Bonchev–Trinajstić information content (AvgIpc) is 3.63. The van der Waals surface area contributed by atoms with Crippen molar-refractivity contribution < 1.29 is 73.6 Å². The number of allylic oxidation sites excluding steroid dienone is 6. The lowest BCUT2D eigenvalue weighted by Gasteiger charge is -2.30. The van der Waals surface area contributed by atoms with Gasteiger partial charge in [-0.05, 0) is 81.5 Å². The van der Waals surface area contributed by atoms with Crippen LogP contribution >= 0.6 is 0 Å². The molecule has 2 aliphatic heterocycles. The zero-order valence-electron chi connectivity index (χ0n) is 38.2. The molecular weight excluding hydrogens is 885 g/mol. The number of aliphatic carboxylic acids is 1. The van der Waals surface area contributed by atoms with E-state index in [2.05, 4.69) is 9.48 Å². The van der Waals surface area contributed by atoms with Crippen LogP contribution in [0, 0.1) is 0 Å². The third kappa shape index (κ3) is 15.1. The number of nitrogens with zero attached hydrogens (tertiary/aromatic N) is 2. The van der Waals surface area contributed by atoms with Crippen molar-refractivity contribution in [3.8, 4) is 0 Å². The number of unbranched alkanes of at least 4 members (excludes halogenated alkanes) is 2. The molecule has 2 unspecified atom stereocenters. The predicted molar refractivity (Wildman–Crippen MR) is 243 cm³/mol. The third-order valence-electron chi connectivity index (χ3n) is 11.6. The van der Waals surface area contributed by atoms with Crippen LogP contribution in [0.4, 0.5) is 11.4 Å². The van der Waals surface area contributed by atoms with Crippen LogP contribution < -0.4 is 4.90 Å². The van der Waals surface area contributed by atoms with Gasteiger partial charge in [0.15, 0.2) is 5.71 Å². The highest BCUT2D eigenvalue weighted by Crippen LogP contribution is 2.51. The van der Waals surface area contributed by atoms with E-state index in [0.717, 1.165) is 22.8 Å². The van der Waals surface area contributed by atoms with Gasteiger partial charge in [-0.1, -0.05) is 18.2 Å². The molecule has 0 aliphatic carbocycles. The Morgan fingerprint density at radius 2 is 1.28 bits per heavy atom. The molecule has 0 amide bonds. The number of rotatable bonds is 32. The molecule has 2 aliphatic rings. The second kappa shape index (κ2) is 25.9. The number of hydrogen-bond donors (Lipinski definition) is 2. The minimum Gasteiger partial charge on any atom is -0.744 e. The monoisotopic (exact) mass is 950 g/mol. The molecule has 0 radical (unpaired) electrons. The first-order valence-corrected chi connectivity index (χ1v) is 24.6. The second-order valence-electron chi connectivity index (χ2n) is 16.1. The quantitative estimate of drug-likeness (QED) is 0.0406. The van der Waals surface area contributed by atoms with Crippen LogP contribution in [0.2, 0.25) is 0 Å². The first-order valence-electron chi connectivity index (χ1n) is 21.7. The third-order valence-corrected chi connectivity index (χ3v) is 13.3. The lowest BCUT2D eigenvalue weighted by molar-refractivity contribution is -0.438. The molecule has 19 heteroatoms. The van der Waals surface area contributed by atoms with Gasteiger partial charge >= 0.3 is 5.97 Å². The van der Waals surface area contributed by atoms with Crippen molar-refractivity contribution in [1.82, 2.24) is 0 Å². The first-order chi connectivity index (χ1) is 31.0. The van der Waals surface area contributed by atoms with Crippen LogP contribution in [-0.4, -0.2) is 154 Å². The van der Waals surface area contributed by atoms with Crippen molar-refractivity contribution in [2.45, 2.75) is 73.0 Å². The summed E-state index contributed by atoms with van der Waals surface area (Å²) in [5.41, 5.74) is 3.00. The normalized spacial score (nSPS) is 19.4. The van der Waals surface area contributed by atoms with Gasteiger partial charge in [-0.2, -0.15) is 13.0 Å². The van der Waals surface area contributed by atoms with Gasteiger partial charge in [0.1, 0.15) is 16.7 Å². The molecule has 0 saturated carbocycles. The minimum atomic E-state index is -4.78. The van der Waals surface area contributed by atoms with Crippen LogP contribution in [0.1, 0.15) is 63.5 Å². The SMILES string of the molecule is COCCOCCOCCC1(C)C(=CC=CC=CC2=[N+](CCCCCC(=O)O)c3ccc(S(=O)(=O)[O-])cc3C2(C)CCOCCOCCOC)N(CCOC)c2ccc(S(=O)(=O)O)cc21. The zero-order valence-corrected chi connectivity index (χ0v) is 39.8. The number of ether oxygens (including phenoxy) is 7. The molecule has 0 saturated heterocycles. The number of carbonyl (C=O) groups is 1. The van der Waals surface area contributed by atoms with Crippen molar-refractivity contribution in [3.63, 3.8) is 0 Å². The maximum atomic E-state index is 12.3. The van der Waals surface area contributed by atoms with Crippen molar-refractivity contribution >= 4 is 43.3 Å². The summed E-state index contributed by atoms with van der Waals surface area (Å²) in [6, 6.07) is 9.00. The highest BCUT2D eigenvalue weighted by atomic mass is 32.2. The predicted octanol–water partition coefficient (Wildman–Crippen LogP) is 5.40. The summed E-state index contributed by atoms with van der Waals surface area (Å²) in [5, 5.41) is 9.21. The molecule has 362 valence electrons. The fourth-order valence-corrected chi connectivity index (χ4v) is 9.14. The van der Waals surface area contributed by atoms with Crippen LogP contribution in [0.3, 0.4) is 0 Å². The van der Waals surface area contributed by atoms with Gasteiger partial charge in [0.25, 0.3) is 10.1 Å². The van der Waals surface area contributed by atoms with Crippen molar-refractivity contribution in [1.29, 1.82) is 0 Å². The number of carboxylic acids is 1. The Bertz CT molecular complexity index is 2230. The molecule has 2 atom stereocenters. The molecule has 17 nitrogen and oxygen atoms in total. The number of hydrogen-bond acceptors (Lipinski definition) is 14.